The van der Waals surface area contributed by atoms with Crippen molar-refractivity contribution in [3.8, 4) is 5.75 Å². The van der Waals surface area contributed by atoms with Gasteiger partial charge < -0.3 is 10.8 Å². The van der Waals surface area contributed by atoms with Crippen molar-refractivity contribution < 1.29 is 9.90 Å². The fourth-order valence-electron chi connectivity index (χ4n) is 1.30. The van der Waals surface area contributed by atoms with Crippen molar-refractivity contribution in [2.45, 2.75) is 13.8 Å². The summed E-state index contributed by atoms with van der Waals surface area (Å²) in [5.74, 6) is -0.217. The lowest BCUT2D eigenvalue weighted by Gasteiger charge is -2.10. The van der Waals surface area contributed by atoms with E-state index < -0.39 is 0 Å². The molecular weight excluding hydrogens is 246 g/mol. The fourth-order valence-corrected chi connectivity index (χ4v) is 1.85. The molecule has 3 nitrogen and oxygen atoms in total. The number of benzene rings is 1. The molecule has 0 heterocycles. The van der Waals surface area contributed by atoms with E-state index in [-0.39, 0.29) is 18.1 Å². The van der Waals surface area contributed by atoms with Gasteiger partial charge in [-0.15, -0.1) is 0 Å². The van der Waals surface area contributed by atoms with Gasteiger partial charge in [-0.3, -0.25) is 4.79 Å². The number of aromatic hydroxyl groups is 1. The largest absolute Gasteiger partial charge is 0.507 e. The molecule has 0 atom stereocenters. The van der Waals surface area contributed by atoms with Crippen LogP contribution in [0.5, 0.6) is 5.75 Å². The summed E-state index contributed by atoms with van der Waals surface area (Å²) in [5, 5.41) is 9.71. The van der Waals surface area contributed by atoms with Gasteiger partial charge in [0.25, 0.3) is 0 Å². The molecule has 1 aromatic carbocycles. The molecule has 3 N–H and O–H groups in total. The summed E-state index contributed by atoms with van der Waals surface area (Å²) in [6, 6.07) is 1.78. The lowest BCUT2D eigenvalue weighted by molar-refractivity contribution is 0.0998. The van der Waals surface area contributed by atoms with Gasteiger partial charge in [0.15, 0.2) is 5.78 Å². The van der Waals surface area contributed by atoms with E-state index in [1.807, 2.05) is 0 Å². The second-order valence-electron chi connectivity index (χ2n) is 3.15. The van der Waals surface area contributed by atoms with Crippen molar-refractivity contribution in [2.75, 3.05) is 6.54 Å². The molecule has 0 saturated heterocycles. The Morgan fingerprint density at radius 2 is 2.14 bits per heavy atom. The molecule has 0 spiro atoms. The van der Waals surface area contributed by atoms with Gasteiger partial charge in [0, 0.05) is 4.47 Å². The van der Waals surface area contributed by atoms with Crippen LogP contribution in [-0.4, -0.2) is 17.4 Å². The molecular formula is C10H12BrNO2. The van der Waals surface area contributed by atoms with Gasteiger partial charge in [-0.1, -0.05) is 15.9 Å². The molecule has 1 aromatic rings. The minimum atomic E-state index is -0.246. The van der Waals surface area contributed by atoms with Crippen molar-refractivity contribution in [1.29, 1.82) is 0 Å². The Labute approximate surface area is 91.1 Å². The quantitative estimate of drug-likeness (QED) is 0.796. The number of hydrogen-bond acceptors (Lipinski definition) is 3. The highest BCUT2D eigenvalue weighted by Gasteiger charge is 2.16. The highest BCUT2D eigenvalue weighted by molar-refractivity contribution is 9.10. The fraction of sp³-hybridized carbons (Fsp3) is 0.300. The van der Waals surface area contributed by atoms with E-state index in [1.54, 1.807) is 19.9 Å². The first-order valence-corrected chi connectivity index (χ1v) is 5.00. The molecule has 0 amide bonds. The Morgan fingerprint density at radius 1 is 1.57 bits per heavy atom. The highest BCUT2D eigenvalue weighted by Crippen LogP contribution is 2.31. The van der Waals surface area contributed by atoms with Crippen molar-refractivity contribution >= 4 is 21.7 Å². The summed E-state index contributed by atoms with van der Waals surface area (Å²) in [4.78, 5) is 11.5. The van der Waals surface area contributed by atoms with Crippen LogP contribution in [-0.2, 0) is 0 Å². The average molecular weight is 258 g/mol. The molecule has 0 aliphatic rings. The van der Waals surface area contributed by atoms with Gasteiger partial charge in [-0.2, -0.15) is 0 Å². The first-order valence-electron chi connectivity index (χ1n) is 4.21. The maximum Gasteiger partial charge on any atom is 0.180 e. The molecule has 0 unspecified atom stereocenters. The Morgan fingerprint density at radius 3 is 2.64 bits per heavy atom. The second kappa shape index (κ2) is 4.11. The third-order valence-corrected chi connectivity index (χ3v) is 2.97. The number of ketones is 1. The average Bonchev–Trinajstić information content (AvgIpc) is 2.15. The van der Waals surface area contributed by atoms with Gasteiger partial charge in [0.05, 0.1) is 12.1 Å². The number of hydrogen-bond donors (Lipinski definition) is 2. The molecule has 0 radical (unpaired) electrons. The van der Waals surface area contributed by atoms with E-state index in [9.17, 15) is 9.90 Å². The molecule has 14 heavy (non-hydrogen) atoms. The maximum absolute atomic E-state index is 11.5. The van der Waals surface area contributed by atoms with Crippen LogP contribution < -0.4 is 5.73 Å². The van der Waals surface area contributed by atoms with Gasteiger partial charge in [0.1, 0.15) is 5.75 Å². The number of carbonyl (C=O) groups excluding carboxylic acids is 1. The molecule has 1 rings (SSSR count). The summed E-state index contributed by atoms with van der Waals surface area (Å²) >= 11 is 3.32. The zero-order valence-electron chi connectivity index (χ0n) is 8.10. The van der Waals surface area contributed by atoms with Crippen LogP contribution in [0.3, 0.4) is 0 Å². The molecule has 0 saturated carbocycles. The van der Waals surface area contributed by atoms with Crippen molar-refractivity contribution in [2.24, 2.45) is 5.73 Å². The SMILES string of the molecule is Cc1cc(Br)c(C)c(C(=O)CN)c1O. The predicted molar refractivity (Wildman–Crippen MR) is 58.7 cm³/mol. The highest BCUT2D eigenvalue weighted by atomic mass is 79.9. The molecule has 76 valence electrons. The number of aryl methyl sites for hydroxylation is 1. The first-order chi connectivity index (χ1) is 6.49. The van der Waals surface area contributed by atoms with E-state index in [0.717, 1.165) is 10.0 Å². The molecule has 0 fully saturated rings. The lowest BCUT2D eigenvalue weighted by Crippen LogP contribution is -2.15. The van der Waals surface area contributed by atoms with Crippen LogP contribution in [0.1, 0.15) is 21.5 Å². The third kappa shape index (κ3) is 1.81. The summed E-state index contributed by atoms with van der Waals surface area (Å²) < 4.78 is 0.810. The monoisotopic (exact) mass is 257 g/mol. The normalized spacial score (nSPS) is 10.3. The van der Waals surface area contributed by atoms with Gasteiger partial charge in [-0.25, -0.2) is 0 Å². The van der Waals surface area contributed by atoms with E-state index in [2.05, 4.69) is 15.9 Å². The maximum atomic E-state index is 11.5. The number of rotatable bonds is 2. The molecule has 0 aromatic heterocycles. The summed E-state index contributed by atoms with van der Waals surface area (Å²) in [5.41, 5.74) is 6.98. The van der Waals surface area contributed by atoms with Crippen molar-refractivity contribution in [3.63, 3.8) is 0 Å². The Bertz CT molecular complexity index is 362. The summed E-state index contributed by atoms with van der Waals surface area (Å²) in [7, 11) is 0. The third-order valence-electron chi connectivity index (χ3n) is 2.15. The summed E-state index contributed by atoms with van der Waals surface area (Å²) in [6.45, 7) is 3.42. The summed E-state index contributed by atoms with van der Waals surface area (Å²) in [6.07, 6.45) is 0. The topological polar surface area (TPSA) is 63.3 Å². The van der Waals surface area contributed by atoms with Crippen LogP contribution in [0.4, 0.5) is 0 Å². The van der Waals surface area contributed by atoms with Crippen molar-refractivity contribution in [3.05, 3.63) is 27.2 Å². The number of phenolic OH excluding ortho intramolecular Hbond substituents is 1. The van der Waals surface area contributed by atoms with Gasteiger partial charge in [-0.05, 0) is 31.0 Å². The lowest BCUT2D eigenvalue weighted by atomic mass is 10.0. The van der Waals surface area contributed by atoms with Gasteiger partial charge in [0.2, 0.25) is 0 Å². The van der Waals surface area contributed by atoms with Crippen LogP contribution in [0.15, 0.2) is 10.5 Å². The molecule has 0 aliphatic carbocycles. The smallest absolute Gasteiger partial charge is 0.180 e. The predicted octanol–water partition coefficient (Wildman–Crippen LogP) is 1.91. The number of halogens is 1. The molecule has 4 heteroatoms. The van der Waals surface area contributed by atoms with Crippen LogP contribution in [0.25, 0.3) is 0 Å². The van der Waals surface area contributed by atoms with E-state index in [0.29, 0.717) is 11.1 Å². The zero-order valence-corrected chi connectivity index (χ0v) is 9.68. The Kier molecular flexibility index (Phi) is 3.29. The second-order valence-corrected chi connectivity index (χ2v) is 4.01. The van der Waals surface area contributed by atoms with Crippen LogP contribution >= 0.6 is 15.9 Å². The van der Waals surface area contributed by atoms with E-state index in [1.165, 1.54) is 0 Å². The number of nitrogens with two attached hydrogens (primary N) is 1. The number of carbonyl (C=O) groups is 1. The van der Waals surface area contributed by atoms with Crippen LogP contribution in [0, 0.1) is 13.8 Å². The van der Waals surface area contributed by atoms with Crippen LogP contribution in [0.2, 0.25) is 0 Å². The van der Waals surface area contributed by atoms with E-state index >= 15 is 0 Å². The Balaban J connectivity index is 3.47. The van der Waals surface area contributed by atoms with Gasteiger partial charge >= 0.3 is 0 Å². The van der Waals surface area contributed by atoms with E-state index in [4.69, 9.17) is 5.73 Å². The standard InChI is InChI=1S/C10H12BrNO2/c1-5-3-7(11)6(2)9(10(5)14)8(13)4-12/h3,14H,4,12H2,1-2H3. The Hall–Kier alpha value is -0.870. The van der Waals surface area contributed by atoms with Crippen molar-refractivity contribution in [1.82, 2.24) is 0 Å². The minimum Gasteiger partial charge on any atom is -0.507 e. The zero-order chi connectivity index (χ0) is 10.9. The number of Topliss-reactive ketones (excluding diaryl/α,β-unsaturated/α-hetero) is 1. The minimum absolute atomic E-state index is 0.0288. The number of phenols is 1. The molecule has 0 aliphatic heterocycles. The molecule has 0 bridgehead atoms. The first kappa shape index (κ1) is 11.2.